The Labute approximate surface area is 204 Å². The number of nitrogens with one attached hydrogen (secondary N) is 1. The number of fused-ring (bicyclic) bond motifs is 1. The van der Waals surface area contributed by atoms with Crippen molar-refractivity contribution in [1.29, 1.82) is 0 Å². The minimum absolute atomic E-state index is 0.00118. The molecule has 1 N–H and O–H groups in total. The summed E-state index contributed by atoms with van der Waals surface area (Å²) in [5, 5.41) is 7.29. The van der Waals surface area contributed by atoms with Gasteiger partial charge in [0.05, 0.1) is 18.7 Å². The number of piperidine rings is 1. The number of amides is 2. The van der Waals surface area contributed by atoms with Gasteiger partial charge in [-0.15, -0.1) is 0 Å². The van der Waals surface area contributed by atoms with Gasteiger partial charge in [-0.1, -0.05) is 5.16 Å². The number of ether oxygens (including phenoxy) is 1. The molecular weight excluding hydrogens is 448 g/mol. The van der Waals surface area contributed by atoms with Crippen LogP contribution in [0.15, 0.2) is 23.0 Å². The van der Waals surface area contributed by atoms with Crippen molar-refractivity contribution in [2.75, 3.05) is 31.6 Å². The summed E-state index contributed by atoms with van der Waals surface area (Å²) >= 11 is 0. The molecule has 2 aliphatic carbocycles. The maximum atomic E-state index is 13.6. The fourth-order valence-corrected chi connectivity index (χ4v) is 6.20. The zero-order valence-corrected chi connectivity index (χ0v) is 20.1. The number of rotatable bonds is 6. The van der Waals surface area contributed by atoms with E-state index in [1.165, 1.54) is 6.33 Å². The third-order valence-electron chi connectivity index (χ3n) is 8.30. The Morgan fingerprint density at radius 2 is 1.91 bits per heavy atom. The summed E-state index contributed by atoms with van der Waals surface area (Å²) in [6.07, 6.45) is 8.92. The van der Waals surface area contributed by atoms with E-state index in [4.69, 9.17) is 9.26 Å². The molecule has 2 atom stereocenters. The third kappa shape index (κ3) is 4.12. The summed E-state index contributed by atoms with van der Waals surface area (Å²) in [6.45, 7) is 2.23. The Hall–Kier alpha value is -3.17. The molecule has 186 valence electrons. The molecule has 0 bridgehead atoms. The number of aromatic nitrogens is 3. The van der Waals surface area contributed by atoms with Gasteiger partial charge in [0, 0.05) is 43.6 Å². The number of carbonyl (C=O) groups excluding carboxylic acids is 2. The van der Waals surface area contributed by atoms with Crippen molar-refractivity contribution in [3.63, 3.8) is 0 Å². The molecule has 2 aromatic rings. The third-order valence-corrected chi connectivity index (χ3v) is 8.30. The molecule has 0 aromatic carbocycles. The zero-order chi connectivity index (χ0) is 24.0. The summed E-state index contributed by atoms with van der Waals surface area (Å²) < 4.78 is 10.6. The first-order valence-electron chi connectivity index (χ1n) is 12.8. The van der Waals surface area contributed by atoms with Crippen molar-refractivity contribution in [2.45, 2.75) is 68.9 Å². The summed E-state index contributed by atoms with van der Waals surface area (Å²) in [4.78, 5) is 39.3. The predicted molar refractivity (Wildman–Crippen MR) is 126 cm³/mol. The summed E-state index contributed by atoms with van der Waals surface area (Å²) in [7, 11) is 1.59. The Balaban J connectivity index is 1.09. The highest BCUT2D eigenvalue weighted by atomic mass is 16.5. The quantitative estimate of drug-likeness (QED) is 0.671. The lowest BCUT2D eigenvalue weighted by Gasteiger charge is -2.37. The van der Waals surface area contributed by atoms with E-state index < -0.39 is 0 Å². The molecule has 2 saturated heterocycles. The number of anilines is 1. The highest BCUT2D eigenvalue weighted by Gasteiger charge is 2.53. The molecule has 2 aromatic heterocycles. The lowest BCUT2D eigenvalue weighted by Crippen LogP contribution is -2.55. The molecule has 0 spiro atoms. The number of nitrogens with zero attached hydrogens (tertiary/aromatic N) is 5. The van der Waals surface area contributed by atoms with Crippen molar-refractivity contribution in [1.82, 2.24) is 25.3 Å². The van der Waals surface area contributed by atoms with Crippen molar-refractivity contribution in [3.05, 3.63) is 29.9 Å². The normalized spacial score (nSPS) is 26.6. The van der Waals surface area contributed by atoms with Gasteiger partial charge in [-0.2, -0.15) is 0 Å². The average Bonchev–Trinajstić information content (AvgIpc) is 3.31. The second-order valence-corrected chi connectivity index (χ2v) is 10.4. The number of methoxy groups -OCH3 is 1. The van der Waals surface area contributed by atoms with Crippen LogP contribution in [-0.2, 0) is 4.79 Å². The summed E-state index contributed by atoms with van der Waals surface area (Å²) in [5.41, 5.74) is -0.00524. The van der Waals surface area contributed by atoms with E-state index in [-0.39, 0.29) is 29.3 Å². The molecule has 4 aliphatic rings. The first-order valence-corrected chi connectivity index (χ1v) is 12.8. The van der Waals surface area contributed by atoms with Crippen LogP contribution >= 0.6 is 0 Å². The number of hydrogen-bond donors (Lipinski definition) is 1. The predicted octanol–water partition coefficient (Wildman–Crippen LogP) is 2.52. The average molecular weight is 481 g/mol. The molecule has 35 heavy (non-hydrogen) atoms. The molecule has 10 nitrogen and oxygen atoms in total. The van der Waals surface area contributed by atoms with Gasteiger partial charge in [-0.05, 0) is 51.4 Å². The van der Waals surface area contributed by atoms with Gasteiger partial charge in [-0.3, -0.25) is 9.59 Å². The van der Waals surface area contributed by atoms with E-state index in [9.17, 15) is 9.59 Å². The molecule has 10 heteroatoms. The summed E-state index contributed by atoms with van der Waals surface area (Å²) in [6, 6.07) is 3.67. The van der Waals surface area contributed by atoms with Gasteiger partial charge in [0.25, 0.3) is 5.91 Å². The van der Waals surface area contributed by atoms with Crippen LogP contribution in [0.4, 0.5) is 5.82 Å². The maximum Gasteiger partial charge on any atom is 0.273 e. The second-order valence-electron chi connectivity index (χ2n) is 10.4. The molecule has 4 fully saturated rings. The van der Waals surface area contributed by atoms with E-state index in [0.29, 0.717) is 24.0 Å². The van der Waals surface area contributed by atoms with E-state index in [2.05, 4.69) is 30.2 Å². The maximum absolute atomic E-state index is 13.6. The van der Waals surface area contributed by atoms with E-state index >= 15 is 0 Å². The van der Waals surface area contributed by atoms with Gasteiger partial charge in [-0.25, -0.2) is 9.97 Å². The fourth-order valence-electron chi connectivity index (χ4n) is 6.20. The van der Waals surface area contributed by atoms with Gasteiger partial charge in [0.1, 0.15) is 17.9 Å². The van der Waals surface area contributed by atoms with Gasteiger partial charge in [0.2, 0.25) is 11.8 Å². The van der Waals surface area contributed by atoms with Gasteiger partial charge < -0.3 is 24.4 Å². The molecular formula is C25H32N6O4. The minimum atomic E-state index is -0.357. The van der Waals surface area contributed by atoms with Crippen LogP contribution in [0, 0.1) is 5.92 Å². The molecule has 2 amide bonds. The monoisotopic (exact) mass is 480 g/mol. The number of likely N-dealkylation sites (tertiary alicyclic amines) is 1. The molecule has 0 unspecified atom stereocenters. The zero-order valence-electron chi connectivity index (χ0n) is 20.1. The van der Waals surface area contributed by atoms with Crippen LogP contribution in [0.25, 0.3) is 0 Å². The van der Waals surface area contributed by atoms with E-state index in [1.807, 2.05) is 6.07 Å². The Morgan fingerprint density at radius 1 is 1.09 bits per heavy atom. The van der Waals surface area contributed by atoms with Crippen LogP contribution in [0.3, 0.4) is 0 Å². The highest BCUT2D eigenvalue weighted by molar-refractivity contribution is 5.93. The van der Waals surface area contributed by atoms with Crippen LogP contribution in [0.1, 0.15) is 73.5 Å². The molecule has 2 aliphatic heterocycles. The van der Waals surface area contributed by atoms with Crippen LogP contribution < -0.4 is 15.0 Å². The molecule has 4 heterocycles. The first kappa shape index (κ1) is 22.3. The van der Waals surface area contributed by atoms with E-state index in [1.54, 1.807) is 13.2 Å². The lowest BCUT2D eigenvalue weighted by atomic mass is 9.91. The van der Waals surface area contributed by atoms with Crippen LogP contribution in [0.5, 0.6) is 5.88 Å². The second kappa shape index (κ2) is 8.80. The Bertz CT molecular complexity index is 1110. The van der Waals surface area contributed by atoms with Crippen molar-refractivity contribution in [3.8, 4) is 5.88 Å². The van der Waals surface area contributed by atoms with Crippen LogP contribution in [-0.4, -0.2) is 70.2 Å². The lowest BCUT2D eigenvalue weighted by molar-refractivity contribution is -0.137. The highest BCUT2D eigenvalue weighted by Crippen LogP contribution is 2.43. The summed E-state index contributed by atoms with van der Waals surface area (Å²) in [5.74, 6) is 2.65. The number of hydrogen-bond acceptors (Lipinski definition) is 8. The van der Waals surface area contributed by atoms with Crippen molar-refractivity contribution in [2.24, 2.45) is 5.92 Å². The minimum Gasteiger partial charge on any atom is -0.481 e. The smallest absolute Gasteiger partial charge is 0.273 e. The fraction of sp³-hybridized carbons (Fsp3) is 0.640. The molecule has 0 radical (unpaired) electrons. The SMILES string of the molecule is COc1cc(N2CCC(C(=O)N3CC[C@]4(NC(=O)c5cc(C6CC6)on5)CCC[C@H]34)CC2)ncn1. The van der Waals surface area contributed by atoms with Crippen molar-refractivity contribution >= 4 is 17.6 Å². The van der Waals surface area contributed by atoms with Gasteiger partial charge >= 0.3 is 0 Å². The largest absolute Gasteiger partial charge is 0.481 e. The molecule has 6 rings (SSSR count). The Morgan fingerprint density at radius 3 is 2.69 bits per heavy atom. The van der Waals surface area contributed by atoms with Crippen molar-refractivity contribution < 1.29 is 18.8 Å². The standard InChI is InChI=1S/C25H32N6O4/c1-34-22-14-21(26-15-27-22)30-10-6-17(7-11-30)24(33)31-12-9-25(8-2-3-20(25)31)28-23(32)18-13-19(35-29-18)16-4-5-16/h13-17,20H,2-12H2,1H3,(H,28,32)/t20-,25+/m0/s1. The first-order chi connectivity index (χ1) is 17.1. The number of carbonyl (C=O) groups is 2. The Kier molecular flexibility index (Phi) is 5.61. The van der Waals surface area contributed by atoms with Gasteiger partial charge in [0.15, 0.2) is 5.69 Å². The van der Waals surface area contributed by atoms with E-state index in [0.717, 1.165) is 76.0 Å². The topological polar surface area (TPSA) is 114 Å². The molecule has 2 saturated carbocycles. The van der Waals surface area contributed by atoms with Crippen LogP contribution in [0.2, 0.25) is 0 Å².